The normalized spacial score (nSPS) is 10.5. The van der Waals surface area contributed by atoms with E-state index in [9.17, 15) is 14.7 Å². The first-order chi connectivity index (χ1) is 11.9. The number of phenolic OH excluding ortho intramolecular Hbond substituents is 1. The molecule has 9 nitrogen and oxygen atoms in total. The van der Waals surface area contributed by atoms with Gasteiger partial charge in [-0.25, -0.2) is 0 Å². The third-order valence-electron chi connectivity index (χ3n) is 2.77. The number of H-pyrrole nitrogens is 1. The molecule has 25 heavy (non-hydrogen) atoms. The summed E-state index contributed by atoms with van der Waals surface area (Å²) < 4.78 is 7.35. The molecule has 0 fully saturated rings. The number of carbonyl (C=O) groups excluding carboxylic acids is 2. The number of amides is 1. The first-order valence-electron chi connectivity index (χ1n) is 6.91. The van der Waals surface area contributed by atoms with Crippen molar-refractivity contribution < 1.29 is 19.4 Å². The Morgan fingerprint density at radius 1 is 1.36 bits per heavy atom. The summed E-state index contributed by atoms with van der Waals surface area (Å²) in [7, 11) is 1.31. The number of aromatic nitrogens is 2. The van der Waals surface area contributed by atoms with Gasteiger partial charge in [0.1, 0.15) is 0 Å². The van der Waals surface area contributed by atoms with Gasteiger partial charge in [0.2, 0.25) is 0 Å². The SMILES string of the molecule is COC(=O)[As]Nc1cc(Nc2ccc(NC(C)=O)c(O)c2)[nH]c(=S)n1. The molecule has 0 saturated heterocycles. The average Bonchev–Trinajstić information content (AvgIpc) is 2.54. The molecule has 0 unspecified atom stereocenters. The van der Waals surface area contributed by atoms with Crippen LogP contribution in [-0.2, 0) is 9.53 Å². The van der Waals surface area contributed by atoms with Crippen molar-refractivity contribution in [3.05, 3.63) is 29.0 Å². The molecule has 1 aromatic heterocycles. The molecule has 2 aromatic rings. The van der Waals surface area contributed by atoms with Gasteiger partial charge in [0, 0.05) is 0 Å². The molecule has 0 spiro atoms. The van der Waals surface area contributed by atoms with Crippen LogP contribution in [0.25, 0.3) is 0 Å². The Balaban J connectivity index is 2.15. The number of aromatic amines is 1. The van der Waals surface area contributed by atoms with Crippen LogP contribution in [0.4, 0.5) is 27.8 Å². The Hall–Kier alpha value is -2.58. The number of hydrogen-bond donors (Lipinski definition) is 5. The standard InChI is InChI=1S/C14H15AsN5O4S/c1-7(21)16-9-4-3-8(5-10(9)22)17-11-6-12(19-14(25)18-11)20-15-13(23)24-2/h3-6,22H,1-2H3,(H,16,21)(H3,17,18,19,20,25). The van der Waals surface area contributed by atoms with Gasteiger partial charge in [-0.05, 0) is 0 Å². The minimum absolute atomic E-state index is 0.0816. The van der Waals surface area contributed by atoms with E-state index in [0.717, 1.165) is 0 Å². The summed E-state index contributed by atoms with van der Waals surface area (Å²) in [5.41, 5.74) is 0.876. The molecule has 131 valence electrons. The van der Waals surface area contributed by atoms with Crippen molar-refractivity contribution in [1.82, 2.24) is 9.97 Å². The van der Waals surface area contributed by atoms with Crippen LogP contribution in [0.15, 0.2) is 24.3 Å². The van der Waals surface area contributed by atoms with Crippen molar-refractivity contribution >= 4 is 61.9 Å². The fourth-order valence-corrected chi connectivity index (χ4v) is 2.86. The van der Waals surface area contributed by atoms with E-state index in [1.54, 1.807) is 18.2 Å². The van der Waals surface area contributed by atoms with Crippen LogP contribution in [-0.4, -0.2) is 48.8 Å². The van der Waals surface area contributed by atoms with Gasteiger partial charge in [-0.3, -0.25) is 0 Å². The van der Waals surface area contributed by atoms with Crippen molar-refractivity contribution in [3.8, 4) is 5.75 Å². The Morgan fingerprint density at radius 2 is 2.12 bits per heavy atom. The van der Waals surface area contributed by atoms with E-state index in [2.05, 4.69) is 29.6 Å². The van der Waals surface area contributed by atoms with Gasteiger partial charge < -0.3 is 0 Å². The van der Waals surface area contributed by atoms with Crippen LogP contribution < -0.4 is 14.9 Å². The predicted octanol–water partition coefficient (Wildman–Crippen LogP) is 2.34. The second kappa shape index (κ2) is 8.50. The summed E-state index contributed by atoms with van der Waals surface area (Å²) in [5.74, 6) is 0.580. The zero-order valence-corrected chi connectivity index (χ0v) is 16.0. The van der Waals surface area contributed by atoms with Gasteiger partial charge >= 0.3 is 155 Å². The zero-order valence-electron chi connectivity index (χ0n) is 13.3. The molecule has 0 aliphatic heterocycles. The van der Waals surface area contributed by atoms with Crippen LogP contribution in [0.2, 0.25) is 0 Å². The quantitative estimate of drug-likeness (QED) is 0.272. The molecule has 0 atom stereocenters. The van der Waals surface area contributed by atoms with Gasteiger partial charge in [-0.15, -0.1) is 0 Å². The van der Waals surface area contributed by atoms with E-state index >= 15 is 0 Å². The molecule has 1 aromatic carbocycles. The molecule has 1 radical (unpaired) electrons. The van der Waals surface area contributed by atoms with Crippen molar-refractivity contribution in [2.45, 2.75) is 6.92 Å². The summed E-state index contributed by atoms with van der Waals surface area (Å²) in [6, 6.07) is 6.33. The van der Waals surface area contributed by atoms with Crippen molar-refractivity contribution in [3.63, 3.8) is 0 Å². The topological polar surface area (TPSA) is 128 Å². The van der Waals surface area contributed by atoms with Gasteiger partial charge in [-0.2, -0.15) is 0 Å². The van der Waals surface area contributed by atoms with Crippen LogP contribution in [0, 0.1) is 4.77 Å². The number of nitrogens with zero attached hydrogens (tertiary/aromatic N) is 1. The van der Waals surface area contributed by atoms with Crippen LogP contribution in [0.3, 0.4) is 0 Å². The van der Waals surface area contributed by atoms with Crippen molar-refractivity contribution in [2.24, 2.45) is 0 Å². The predicted molar refractivity (Wildman–Crippen MR) is 96.9 cm³/mol. The molecule has 11 heteroatoms. The van der Waals surface area contributed by atoms with Crippen LogP contribution in [0.1, 0.15) is 6.92 Å². The zero-order chi connectivity index (χ0) is 18.4. The maximum absolute atomic E-state index is 11.2. The first kappa shape index (κ1) is 18.8. The van der Waals surface area contributed by atoms with E-state index in [-0.39, 0.29) is 21.2 Å². The number of rotatable bonds is 6. The van der Waals surface area contributed by atoms with Crippen molar-refractivity contribution in [1.29, 1.82) is 0 Å². The van der Waals surface area contributed by atoms with E-state index in [1.807, 2.05) is 0 Å². The second-order valence-electron chi connectivity index (χ2n) is 4.72. The molecule has 1 amide bonds. The molecular weight excluding hydrogens is 409 g/mol. The molecule has 1 heterocycles. The number of phenols is 1. The summed E-state index contributed by atoms with van der Waals surface area (Å²) in [6.07, 6.45) is 0. The summed E-state index contributed by atoms with van der Waals surface area (Å²) in [6.45, 7) is 1.35. The van der Waals surface area contributed by atoms with Gasteiger partial charge in [0.25, 0.3) is 0 Å². The molecule has 2 rings (SSSR count). The summed E-state index contributed by atoms with van der Waals surface area (Å²) in [4.78, 5) is 29.2. The maximum atomic E-state index is 11.2. The van der Waals surface area contributed by atoms with Gasteiger partial charge in [-0.1, -0.05) is 0 Å². The average molecular weight is 424 g/mol. The van der Waals surface area contributed by atoms with Crippen molar-refractivity contribution in [2.75, 3.05) is 22.0 Å². The number of hydrogen-bond acceptors (Lipinski definition) is 8. The molecule has 0 aliphatic rings. The van der Waals surface area contributed by atoms with E-state index in [1.165, 1.54) is 20.1 Å². The second-order valence-corrected chi connectivity index (χ2v) is 6.81. The van der Waals surface area contributed by atoms with Gasteiger partial charge in [0.15, 0.2) is 0 Å². The summed E-state index contributed by atoms with van der Waals surface area (Å²) in [5, 5.41) is 15.5. The summed E-state index contributed by atoms with van der Waals surface area (Å²) >= 11 is 4.14. The molecule has 0 bridgehead atoms. The van der Waals surface area contributed by atoms with E-state index in [4.69, 9.17) is 12.2 Å². The monoisotopic (exact) mass is 424 g/mol. The third kappa shape index (κ3) is 5.77. The minimum atomic E-state index is -0.913. The van der Waals surface area contributed by atoms with E-state index in [0.29, 0.717) is 23.0 Å². The number of carbonyl (C=O) groups is 2. The Bertz CT molecular complexity index is 857. The molecule has 0 saturated carbocycles. The number of nitrogens with one attached hydrogen (secondary N) is 4. The first-order valence-corrected chi connectivity index (χ1v) is 9.19. The number of ether oxygens (including phenoxy) is 1. The number of aromatic hydroxyl groups is 1. The third-order valence-corrected chi connectivity index (χ3v) is 4.44. The number of benzene rings is 1. The number of anilines is 4. The molecule has 5 N–H and O–H groups in total. The Kier molecular flexibility index (Phi) is 6.37. The fourth-order valence-electron chi connectivity index (χ4n) is 1.79. The Labute approximate surface area is 155 Å². The molecular formula is C14H15AsN5O4S. The number of methoxy groups -OCH3 is 1. The Morgan fingerprint density at radius 3 is 2.76 bits per heavy atom. The molecule has 0 aliphatic carbocycles. The van der Waals surface area contributed by atoms with E-state index < -0.39 is 16.0 Å². The van der Waals surface area contributed by atoms with Crippen LogP contribution in [0.5, 0.6) is 5.75 Å². The van der Waals surface area contributed by atoms with Gasteiger partial charge in [0.05, 0.1) is 0 Å². The fraction of sp³-hybridized carbons (Fsp3) is 0.143. The van der Waals surface area contributed by atoms with Crippen LogP contribution >= 0.6 is 12.2 Å².